The highest BCUT2D eigenvalue weighted by atomic mass is 16.5. The predicted octanol–water partition coefficient (Wildman–Crippen LogP) is 0.509. The number of ether oxygens (including phenoxy) is 1. The quantitative estimate of drug-likeness (QED) is 0.743. The van der Waals surface area contributed by atoms with Crippen LogP contribution in [-0.2, 0) is 9.53 Å². The molecule has 1 unspecified atom stereocenters. The number of benzene rings is 1. The minimum atomic E-state index is -1.04. The Morgan fingerprint density at radius 3 is 2.88 bits per heavy atom. The number of aliphatic hydroxyl groups is 1. The number of rotatable bonds is 1. The van der Waals surface area contributed by atoms with E-state index >= 15 is 0 Å². The van der Waals surface area contributed by atoms with Gasteiger partial charge in [-0.2, -0.15) is 0 Å². The lowest BCUT2D eigenvalue weighted by Gasteiger charge is -2.29. The molecule has 2 aliphatic heterocycles. The molecule has 1 aromatic carbocycles. The predicted molar refractivity (Wildman–Crippen MR) is 63.1 cm³/mol. The van der Waals surface area contributed by atoms with Gasteiger partial charge in [0.15, 0.2) is 6.10 Å². The van der Waals surface area contributed by atoms with E-state index in [1.54, 1.807) is 0 Å². The van der Waals surface area contributed by atoms with Crippen LogP contribution in [0.3, 0.4) is 0 Å². The van der Waals surface area contributed by atoms with Crippen molar-refractivity contribution in [2.24, 2.45) is 0 Å². The minimum Gasteiger partial charge on any atom is -0.378 e. The molecule has 2 aliphatic rings. The van der Waals surface area contributed by atoms with Crippen LogP contribution in [0.1, 0.15) is 11.7 Å². The third kappa shape index (κ3) is 1.77. The molecule has 0 bridgehead atoms. The lowest BCUT2D eigenvalue weighted by atomic mass is 10.1. The zero-order valence-electron chi connectivity index (χ0n) is 9.35. The van der Waals surface area contributed by atoms with Crippen LogP contribution in [0.15, 0.2) is 18.2 Å². The number of fused-ring (bicyclic) bond motifs is 1. The molecule has 1 amide bonds. The monoisotopic (exact) mass is 234 g/mol. The van der Waals surface area contributed by atoms with Gasteiger partial charge in [-0.1, -0.05) is 0 Å². The Morgan fingerprint density at radius 1 is 1.35 bits per heavy atom. The van der Waals surface area contributed by atoms with Crippen LogP contribution in [0.25, 0.3) is 0 Å². The summed E-state index contributed by atoms with van der Waals surface area (Å²) in [5.41, 5.74) is 2.40. The van der Waals surface area contributed by atoms with Crippen molar-refractivity contribution in [1.29, 1.82) is 0 Å². The Hall–Kier alpha value is -1.59. The first-order chi connectivity index (χ1) is 8.25. The number of anilines is 2. The first kappa shape index (κ1) is 10.6. The average Bonchev–Trinajstić information content (AvgIpc) is 2.66. The smallest absolute Gasteiger partial charge is 0.257 e. The number of nitrogens with zero attached hydrogens (tertiary/aromatic N) is 1. The summed E-state index contributed by atoms with van der Waals surface area (Å²) in [6.07, 6.45) is -1.04. The van der Waals surface area contributed by atoms with Gasteiger partial charge in [0.25, 0.3) is 5.91 Å². The first-order valence-corrected chi connectivity index (χ1v) is 5.71. The van der Waals surface area contributed by atoms with Crippen LogP contribution in [0.2, 0.25) is 0 Å². The molecule has 3 rings (SSSR count). The molecule has 0 saturated carbocycles. The van der Waals surface area contributed by atoms with E-state index in [4.69, 9.17) is 4.74 Å². The average molecular weight is 234 g/mol. The first-order valence-electron chi connectivity index (χ1n) is 5.71. The Kier molecular flexibility index (Phi) is 2.49. The normalized spacial score (nSPS) is 23.5. The molecule has 2 N–H and O–H groups in total. The third-order valence-electron chi connectivity index (χ3n) is 3.21. The Morgan fingerprint density at radius 2 is 2.12 bits per heavy atom. The summed E-state index contributed by atoms with van der Waals surface area (Å²) in [6.45, 7) is 3.13. The fraction of sp³-hybridized carbons (Fsp3) is 0.417. The molecule has 1 saturated heterocycles. The van der Waals surface area contributed by atoms with Crippen molar-refractivity contribution in [3.63, 3.8) is 0 Å². The summed E-state index contributed by atoms with van der Waals surface area (Å²) >= 11 is 0. The van der Waals surface area contributed by atoms with E-state index in [0.717, 1.165) is 32.0 Å². The molecule has 2 heterocycles. The highest BCUT2D eigenvalue weighted by Gasteiger charge is 2.29. The lowest BCUT2D eigenvalue weighted by molar-refractivity contribution is -0.123. The van der Waals surface area contributed by atoms with Crippen LogP contribution in [0.5, 0.6) is 0 Å². The standard InChI is InChI=1S/C12H14N2O3/c15-11-9-7-8(14-3-5-17-6-4-14)1-2-10(9)13-12(11)16/h1-2,7,11,15H,3-6H2,(H,13,16). The van der Waals surface area contributed by atoms with Crippen molar-refractivity contribution < 1.29 is 14.6 Å². The molecule has 0 aromatic heterocycles. The summed E-state index contributed by atoms with van der Waals surface area (Å²) in [5, 5.41) is 12.4. The second kappa shape index (κ2) is 4.01. The maximum atomic E-state index is 11.3. The summed E-state index contributed by atoms with van der Waals surface area (Å²) in [5.74, 6) is -0.348. The number of hydrogen-bond acceptors (Lipinski definition) is 4. The largest absolute Gasteiger partial charge is 0.378 e. The maximum absolute atomic E-state index is 11.3. The number of carbonyl (C=O) groups excluding carboxylic acids is 1. The molecule has 0 aliphatic carbocycles. The highest BCUT2D eigenvalue weighted by molar-refractivity contribution is 6.02. The van der Waals surface area contributed by atoms with Gasteiger partial charge in [0, 0.05) is 30.0 Å². The van der Waals surface area contributed by atoms with Crippen LogP contribution in [0.4, 0.5) is 11.4 Å². The Bertz CT molecular complexity index is 455. The fourth-order valence-electron chi connectivity index (χ4n) is 2.25. The zero-order chi connectivity index (χ0) is 11.8. The van der Waals surface area contributed by atoms with E-state index in [1.165, 1.54) is 0 Å². The van der Waals surface area contributed by atoms with Crippen LogP contribution in [-0.4, -0.2) is 37.3 Å². The van der Waals surface area contributed by atoms with E-state index in [9.17, 15) is 9.90 Å². The van der Waals surface area contributed by atoms with E-state index in [-0.39, 0.29) is 5.91 Å². The van der Waals surface area contributed by atoms with Crippen molar-refractivity contribution in [3.8, 4) is 0 Å². The second-order valence-corrected chi connectivity index (χ2v) is 4.26. The van der Waals surface area contributed by atoms with Gasteiger partial charge in [0.1, 0.15) is 0 Å². The topological polar surface area (TPSA) is 61.8 Å². The van der Waals surface area contributed by atoms with Crippen LogP contribution in [0, 0.1) is 0 Å². The molecule has 5 heteroatoms. The van der Waals surface area contributed by atoms with Gasteiger partial charge < -0.3 is 20.1 Å². The minimum absolute atomic E-state index is 0.348. The molecule has 17 heavy (non-hydrogen) atoms. The molecule has 0 spiro atoms. The van der Waals surface area contributed by atoms with Crippen molar-refractivity contribution in [2.45, 2.75) is 6.10 Å². The van der Waals surface area contributed by atoms with Gasteiger partial charge in [-0.05, 0) is 18.2 Å². The van der Waals surface area contributed by atoms with Gasteiger partial charge >= 0.3 is 0 Å². The maximum Gasteiger partial charge on any atom is 0.257 e. The third-order valence-corrected chi connectivity index (χ3v) is 3.21. The molecule has 1 atom stereocenters. The zero-order valence-corrected chi connectivity index (χ0v) is 9.35. The molecule has 5 nitrogen and oxygen atoms in total. The van der Waals surface area contributed by atoms with Crippen LogP contribution >= 0.6 is 0 Å². The summed E-state index contributed by atoms with van der Waals surface area (Å²) in [6, 6.07) is 5.68. The van der Waals surface area contributed by atoms with Crippen molar-refractivity contribution >= 4 is 17.3 Å². The molecule has 1 fully saturated rings. The molecule has 90 valence electrons. The van der Waals surface area contributed by atoms with Crippen molar-refractivity contribution in [2.75, 3.05) is 36.5 Å². The summed E-state index contributed by atoms with van der Waals surface area (Å²) in [4.78, 5) is 13.5. The van der Waals surface area contributed by atoms with Gasteiger partial charge in [-0.25, -0.2) is 0 Å². The van der Waals surface area contributed by atoms with Gasteiger partial charge in [0.05, 0.1) is 13.2 Å². The van der Waals surface area contributed by atoms with Gasteiger partial charge in [-0.3, -0.25) is 4.79 Å². The van der Waals surface area contributed by atoms with Crippen molar-refractivity contribution in [1.82, 2.24) is 0 Å². The van der Waals surface area contributed by atoms with E-state index in [0.29, 0.717) is 11.3 Å². The number of morpholine rings is 1. The summed E-state index contributed by atoms with van der Waals surface area (Å²) in [7, 11) is 0. The second-order valence-electron chi connectivity index (χ2n) is 4.26. The number of amides is 1. The van der Waals surface area contributed by atoms with E-state index in [1.807, 2.05) is 18.2 Å². The SMILES string of the molecule is O=C1Nc2ccc(N3CCOCC3)cc2C1O. The molecular formula is C12H14N2O3. The highest BCUT2D eigenvalue weighted by Crippen LogP contribution is 2.33. The number of carbonyl (C=O) groups is 1. The van der Waals surface area contributed by atoms with Gasteiger partial charge in [0.2, 0.25) is 0 Å². The van der Waals surface area contributed by atoms with E-state index < -0.39 is 6.10 Å². The van der Waals surface area contributed by atoms with E-state index in [2.05, 4.69) is 10.2 Å². The van der Waals surface area contributed by atoms with Crippen molar-refractivity contribution in [3.05, 3.63) is 23.8 Å². The molecule has 0 radical (unpaired) electrons. The number of hydrogen-bond donors (Lipinski definition) is 2. The Balaban J connectivity index is 1.91. The Labute approximate surface area is 99.0 Å². The number of aliphatic hydroxyl groups excluding tert-OH is 1. The molecular weight excluding hydrogens is 220 g/mol. The lowest BCUT2D eigenvalue weighted by Crippen LogP contribution is -2.36. The fourth-order valence-corrected chi connectivity index (χ4v) is 2.25. The van der Waals surface area contributed by atoms with Crippen LogP contribution < -0.4 is 10.2 Å². The summed E-state index contributed by atoms with van der Waals surface area (Å²) < 4.78 is 5.29. The van der Waals surface area contributed by atoms with Gasteiger partial charge in [-0.15, -0.1) is 0 Å². The molecule has 1 aromatic rings. The number of nitrogens with one attached hydrogen (secondary N) is 1.